The van der Waals surface area contributed by atoms with E-state index in [9.17, 15) is 9.59 Å². The van der Waals surface area contributed by atoms with Gasteiger partial charge in [0.2, 0.25) is 0 Å². The van der Waals surface area contributed by atoms with Gasteiger partial charge < -0.3 is 9.80 Å². The number of halogens is 1. The molecule has 6 heteroatoms. The van der Waals surface area contributed by atoms with Crippen LogP contribution in [0, 0.1) is 0 Å². The Bertz CT molecular complexity index is 1310. The maximum absolute atomic E-state index is 14.0. The maximum atomic E-state index is 14.0. The van der Waals surface area contributed by atoms with Crippen LogP contribution in [0.3, 0.4) is 0 Å². The minimum atomic E-state index is -1.03. The third kappa shape index (κ3) is 2.26. The zero-order valence-corrected chi connectivity index (χ0v) is 19.4. The zero-order chi connectivity index (χ0) is 22.3. The highest BCUT2D eigenvalue weighted by molar-refractivity contribution is 9.10. The Morgan fingerprint density at radius 3 is 2.19 bits per heavy atom. The van der Waals surface area contributed by atoms with Crippen LogP contribution < -0.4 is 15.1 Å². The Kier molecular flexibility index (Phi) is 4.02. The number of carbonyl (C=O) groups is 2. The minimum absolute atomic E-state index is 0.0181. The van der Waals surface area contributed by atoms with Crippen LogP contribution in [0.15, 0.2) is 77.3 Å². The molecule has 0 bridgehead atoms. The molecule has 160 valence electrons. The van der Waals surface area contributed by atoms with E-state index in [2.05, 4.69) is 33.4 Å². The molecule has 0 radical (unpaired) electrons. The van der Waals surface area contributed by atoms with Crippen LogP contribution >= 0.6 is 15.9 Å². The van der Waals surface area contributed by atoms with E-state index in [-0.39, 0.29) is 17.7 Å². The van der Waals surface area contributed by atoms with Crippen LogP contribution in [0.2, 0.25) is 0 Å². The Labute approximate surface area is 195 Å². The van der Waals surface area contributed by atoms with E-state index in [1.54, 1.807) is 9.80 Å². The molecule has 0 saturated carbocycles. The van der Waals surface area contributed by atoms with Crippen molar-refractivity contribution in [2.45, 2.75) is 23.4 Å². The molecule has 3 aromatic carbocycles. The second kappa shape index (κ2) is 6.53. The van der Waals surface area contributed by atoms with Crippen molar-refractivity contribution in [3.8, 4) is 0 Å². The van der Waals surface area contributed by atoms with Crippen LogP contribution in [0.1, 0.15) is 29.0 Å². The predicted octanol–water partition coefficient (Wildman–Crippen LogP) is 4.27. The third-order valence-corrected chi connectivity index (χ3v) is 7.91. The average Bonchev–Trinajstić information content (AvgIpc) is 3.36. The lowest BCUT2D eigenvalue weighted by Gasteiger charge is -2.32. The Morgan fingerprint density at radius 2 is 1.47 bits per heavy atom. The van der Waals surface area contributed by atoms with Crippen molar-refractivity contribution in [2.24, 2.45) is 0 Å². The molecule has 3 atom stereocenters. The first-order chi connectivity index (χ1) is 15.4. The molecule has 2 spiro atoms. The molecule has 5 nitrogen and oxygen atoms in total. The van der Waals surface area contributed by atoms with E-state index >= 15 is 0 Å². The molecule has 1 saturated heterocycles. The first kappa shape index (κ1) is 19.7. The van der Waals surface area contributed by atoms with Gasteiger partial charge in [-0.3, -0.25) is 14.9 Å². The van der Waals surface area contributed by atoms with Gasteiger partial charge >= 0.3 is 0 Å². The van der Waals surface area contributed by atoms with Crippen molar-refractivity contribution in [2.75, 3.05) is 23.9 Å². The van der Waals surface area contributed by atoms with Gasteiger partial charge in [-0.15, -0.1) is 0 Å². The average molecular weight is 488 g/mol. The molecule has 0 unspecified atom stereocenters. The molecule has 3 aromatic rings. The summed E-state index contributed by atoms with van der Waals surface area (Å²) in [6, 6.07) is 23.9. The number of hydrogen-bond acceptors (Lipinski definition) is 3. The third-order valence-electron chi connectivity index (χ3n) is 7.42. The lowest BCUT2D eigenvalue weighted by atomic mass is 9.75. The highest BCUT2D eigenvalue weighted by Crippen LogP contribution is 2.60. The Balaban J connectivity index is 1.64. The van der Waals surface area contributed by atoms with Crippen molar-refractivity contribution in [3.63, 3.8) is 0 Å². The minimum Gasteiger partial charge on any atom is -0.313 e. The second-order valence-corrected chi connectivity index (χ2v) is 9.83. The van der Waals surface area contributed by atoms with Gasteiger partial charge in [0.1, 0.15) is 11.1 Å². The highest BCUT2D eigenvalue weighted by atomic mass is 79.9. The number of para-hydroxylation sites is 2. The van der Waals surface area contributed by atoms with E-state index in [1.807, 2.05) is 74.8 Å². The van der Waals surface area contributed by atoms with Gasteiger partial charge in [0, 0.05) is 47.0 Å². The summed E-state index contributed by atoms with van der Waals surface area (Å²) < 4.78 is 0.952. The van der Waals surface area contributed by atoms with Gasteiger partial charge in [-0.2, -0.15) is 0 Å². The standard InChI is InChI=1S/C26H22BrN3O2/c1-29-21-12-5-3-10-18(21)25(23(29)31)15-20(16-8-7-9-17(27)14-16)26(28-25)19-11-4-6-13-22(19)30(2)24(26)32/h3-14,20,28H,15H2,1-2H3/t20-,25-,26+/m1/s1. The lowest BCUT2D eigenvalue weighted by molar-refractivity contribution is -0.126. The van der Waals surface area contributed by atoms with Crippen LogP contribution in [-0.2, 0) is 20.7 Å². The molecule has 6 rings (SSSR count). The monoisotopic (exact) mass is 487 g/mol. The Hall–Kier alpha value is -2.96. The van der Waals surface area contributed by atoms with E-state index < -0.39 is 11.1 Å². The van der Waals surface area contributed by atoms with Gasteiger partial charge in [0.05, 0.1) is 0 Å². The molecule has 1 fully saturated rings. The number of nitrogens with zero attached hydrogens (tertiary/aromatic N) is 2. The summed E-state index contributed by atoms with van der Waals surface area (Å²) in [5, 5.41) is 3.68. The summed E-state index contributed by atoms with van der Waals surface area (Å²) in [7, 11) is 3.63. The quantitative estimate of drug-likeness (QED) is 0.557. The number of carbonyl (C=O) groups excluding carboxylic acids is 2. The van der Waals surface area contributed by atoms with E-state index in [0.717, 1.165) is 32.5 Å². The van der Waals surface area contributed by atoms with Gasteiger partial charge in [0.25, 0.3) is 11.8 Å². The summed E-state index contributed by atoms with van der Waals surface area (Å²) >= 11 is 3.60. The molecule has 3 aliphatic heterocycles. The van der Waals surface area contributed by atoms with Crippen molar-refractivity contribution in [3.05, 3.63) is 94.0 Å². The topological polar surface area (TPSA) is 52.7 Å². The first-order valence-electron chi connectivity index (χ1n) is 10.7. The summed E-state index contributed by atoms with van der Waals surface area (Å²) in [5.74, 6) is -0.266. The molecule has 0 aliphatic carbocycles. The fraction of sp³-hybridized carbons (Fsp3) is 0.231. The summed E-state index contributed by atoms with van der Waals surface area (Å²) in [6.45, 7) is 0. The lowest BCUT2D eigenvalue weighted by Crippen LogP contribution is -2.56. The van der Waals surface area contributed by atoms with Gasteiger partial charge in [-0.1, -0.05) is 64.5 Å². The fourth-order valence-corrected chi connectivity index (χ4v) is 6.44. The van der Waals surface area contributed by atoms with Crippen molar-refractivity contribution in [1.29, 1.82) is 0 Å². The summed E-state index contributed by atoms with van der Waals surface area (Å²) in [4.78, 5) is 31.3. The zero-order valence-electron chi connectivity index (χ0n) is 17.8. The van der Waals surface area contributed by atoms with Gasteiger partial charge in [0.15, 0.2) is 0 Å². The largest absolute Gasteiger partial charge is 0.313 e. The smallest absolute Gasteiger partial charge is 0.252 e. The second-order valence-electron chi connectivity index (χ2n) is 8.91. The number of hydrogen-bond donors (Lipinski definition) is 1. The van der Waals surface area contributed by atoms with Crippen molar-refractivity contribution in [1.82, 2.24) is 5.32 Å². The molecule has 1 N–H and O–H groups in total. The van der Waals surface area contributed by atoms with Gasteiger partial charge in [-0.25, -0.2) is 0 Å². The number of amides is 2. The normalized spacial score (nSPS) is 28.2. The number of fused-ring (bicyclic) bond motifs is 4. The molecule has 32 heavy (non-hydrogen) atoms. The van der Waals surface area contributed by atoms with E-state index in [4.69, 9.17) is 0 Å². The molecule has 3 aliphatic rings. The number of nitrogens with one attached hydrogen (secondary N) is 1. The molecule has 2 amide bonds. The first-order valence-corrected chi connectivity index (χ1v) is 11.5. The molecular weight excluding hydrogens is 466 g/mol. The number of likely N-dealkylation sites (N-methyl/N-ethyl adjacent to an activating group) is 2. The summed E-state index contributed by atoms with van der Waals surface area (Å²) in [5.41, 5.74) is 2.67. The Morgan fingerprint density at radius 1 is 0.844 bits per heavy atom. The summed E-state index contributed by atoms with van der Waals surface area (Å²) in [6.07, 6.45) is 0.498. The van der Waals surface area contributed by atoms with E-state index in [1.165, 1.54) is 0 Å². The van der Waals surface area contributed by atoms with E-state index in [0.29, 0.717) is 6.42 Å². The van der Waals surface area contributed by atoms with Crippen LogP contribution in [0.25, 0.3) is 0 Å². The van der Waals surface area contributed by atoms with Crippen LogP contribution in [0.4, 0.5) is 11.4 Å². The number of benzene rings is 3. The molecule has 0 aromatic heterocycles. The molecule has 3 heterocycles. The number of anilines is 2. The number of rotatable bonds is 1. The fourth-order valence-electron chi connectivity index (χ4n) is 6.03. The SMILES string of the molecule is CN1C(=O)[C@@]2(C[C@H](c3cccc(Br)c3)[C@]3(N2)C(=O)N(C)c2ccccc23)c2ccccc21. The van der Waals surface area contributed by atoms with Gasteiger partial charge in [-0.05, 0) is 36.2 Å². The predicted molar refractivity (Wildman–Crippen MR) is 128 cm³/mol. The van der Waals surface area contributed by atoms with Crippen LogP contribution in [-0.4, -0.2) is 25.9 Å². The van der Waals surface area contributed by atoms with Crippen molar-refractivity contribution < 1.29 is 9.59 Å². The molecular formula is C26H22BrN3O2. The highest BCUT2D eigenvalue weighted by Gasteiger charge is 2.68. The van der Waals surface area contributed by atoms with Crippen LogP contribution in [0.5, 0.6) is 0 Å². The maximum Gasteiger partial charge on any atom is 0.252 e. The van der Waals surface area contributed by atoms with Crippen molar-refractivity contribution >= 4 is 39.1 Å².